The van der Waals surface area contributed by atoms with Gasteiger partial charge in [0, 0.05) is 11.1 Å². The summed E-state index contributed by atoms with van der Waals surface area (Å²) in [5.74, 6) is -2.88. The zero-order chi connectivity index (χ0) is 20.3. The molecule has 0 unspecified atom stereocenters. The number of carboxylic acid groups (broad SMARTS) is 2. The van der Waals surface area contributed by atoms with E-state index in [1.807, 2.05) is 0 Å². The van der Waals surface area contributed by atoms with Gasteiger partial charge in [0.25, 0.3) is 0 Å². The van der Waals surface area contributed by atoms with Gasteiger partial charge in [-0.25, -0.2) is 0 Å². The number of aromatic carboxylic acids is 2. The molecular formula is C14H14Cl2N6O4Pt. The van der Waals surface area contributed by atoms with Crippen LogP contribution < -0.4 is 44.6 Å². The largest absolute Gasteiger partial charge is 2.00 e. The Morgan fingerprint density at radius 2 is 0.926 bits per heavy atom. The number of nitrogen functional groups attached to an aromatic ring is 6. The van der Waals surface area contributed by atoms with Gasteiger partial charge in [-0.3, -0.25) is 0 Å². The van der Waals surface area contributed by atoms with E-state index in [9.17, 15) is 19.8 Å². The molecular weight excluding hydrogens is 582 g/mol. The maximum atomic E-state index is 10.5. The third-order valence-electron chi connectivity index (χ3n) is 3.19. The fraction of sp³-hybridized carbons (Fsp3) is 0. The second-order valence-electron chi connectivity index (χ2n) is 4.88. The van der Waals surface area contributed by atoms with Gasteiger partial charge in [0.05, 0.1) is 56.1 Å². The molecule has 0 aliphatic carbocycles. The van der Waals surface area contributed by atoms with Crippen molar-refractivity contribution in [2.45, 2.75) is 0 Å². The fourth-order valence-corrected chi connectivity index (χ4v) is 2.19. The molecule has 0 saturated heterocycles. The Balaban J connectivity index is 0.000000483. The van der Waals surface area contributed by atoms with Crippen molar-refractivity contribution in [2.75, 3.05) is 34.4 Å². The summed E-state index contributed by atoms with van der Waals surface area (Å²) in [6.07, 6.45) is 0. The smallest absolute Gasteiger partial charge is 0.545 e. The van der Waals surface area contributed by atoms with Crippen molar-refractivity contribution in [3.05, 3.63) is 33.3 Å². The first-order valence-corrected chi connectivity index (χ1v) is 7.34. The molecule has 0 heterocycles. The SMILES string of the molecule is Nc1cc(C(=O)[O-])c(Cl)c(N)c1N.Nc1cc(C(=O)[O-])c(Cl)c(N)c1N.[Pt+2]. The van der Waals surface area contributed by atoms with E-state index in [-0.39, 0.29) is 76.4 Å². The van der Waals surface area contributed by atoms with E-state index < -0.39 is 11.9 Å². The zero-order valence-corrected chi connectivity index (χ0v) is 17.1. The van der Waals surface area contributed by atoms with E-state index in [1.54, 1.807) is 0 Å². The van der Waals surface area contributed by atoms with Crippen LogP contribution in [0.15, 0.2) is 12.1 Å². The molecule has 0 saturated carbocycles. The van der Waals surface area contributed by atoms with Gasteiger partial charge in [0.1, 0.15) is 0 Å². The quantitative estimate of drug-likeness (QED) is 0.229. The van der Waals surface area contributed by atoms with Crippen LogP contribution in [0, 0.1) is 0 Å². The monoisotopic (exact) mass is 595 g/mol. The summed E-state index contributed by atoms with van der Waals surface area (Å²) >= 11 is 11.2. The van der Waals surface area contributed by atoms with E-state index in [1.165, 1.54) is 0 Å². The Hall–Kier alpha value is -2.55. The van der Waals surface area contributed by atoms with E-state index in [4.69, 9.17) is 57.6 Å². The molecule has 0 atom stereocenters. The summed E-state index contributed by atoms with van der Waals surface area (Å²) in [7, 11) is 0. The second kappa shape index (κ2) is 9.40. The van der Waals surface area contributed by atoms with Crippen LogP contribution >= 0.6 is 23.2 Å². The summed E-state index contributed by atoms with van der Waals surface area (Å²) < 4.78 is 0. The predicted octanol–water partition coefficient (Wildman–Crippen LogP) is -1.10. The van der Waals surface area contributed by atoms with Crippen LogP contribution in [0.25, 0.3) is 0 Å². The van der Waals surface area contributed by atoms with Crippen molar-refractivity contribution >= 4 is 69.3 Å². The fourth-order valence-electron chi connectivity index (χ4n) is 1.73. The van der Waals surface area contributed by atoms with Gasteiger partial charge < -0.3 is 54.2 Å². The molecule has 0 aliphatic rings. The molecule has 0 aliphatic heterocycles. The molecule has 0 fully saturated rings. The van der Waals surface area contributed by atoms with Crippen LogP contribution in [0.3, 0.4) is 0 Å². The van der Waals surface area contributed by atoms with Crippen LogP contribution in [0.4, 0.5) is 34.1 Å². The number of carboxylic acids is 2. The topological polar surface area (TPSA) is 236 Å². The first-order valence-electron chi connectivity index (χ1n) is 6.58. The molecule has 12 N–H and O–H groups in total. The van der Waals surface area contributed by atoms with Gasteiger partial charge in [-0.15, -0.1) is 0 Å². The van der Waals surface area contributed by atoms with E-state index >= 15 is 0 Å². The van der Waals surface area contributed by atoms with Gasteiger partial charge >= 0.3 is 21.1 Å². The van der Waals surface area contributed by atoms with Crippen LogP contribution in [-0.2, 0) is 21.1 Å². The van der Waals surface area contributed by atoms with Gasteiger partial charge in [-0.1, -0.05) is 23.2 Å². The van der Waals surface area contributed by atoms with Crippen LogP contribution in [0.2, 0.25) is 10.0 Å². The molecule has 148 valence electrons. The minimum Gasteiger partial charge on any atom is -0.545 e. The van der Waals surface area contributed by atoms with Gasteiger partial charge in [0.2, 0.25) is 0 Å². The van der Waals surface area contributed by atoms with Gasteiger partial charge in [-0.2, -0.15) is 0 Å². The number of hydrogen-bond donors (Lipinski definition) is 6. The van der Waals surface area contributed by atoms with Crippen molar-refractivity contribution in [1.29, 1.82) is 0 Å². The minimum atomic E-state index is -1.44. The summed E-state index contributed by atoms with van der Waals surface area (Å²) in [4.78, 5) is 21.0. The van der Waals surface area contributed by atoms with Gasteiger partial charge in [-0.05, 0) is 12.1 Å². The minimum absolute atomic E-state index is 0. The molecule has 2 aromatic carbocycles. The Bertz CT molecular complexity index is 837. The molecule has 0 aromatic heterocycles. The number of hydrogen-bond acceptors (Lipinski definition) is 10. The Morgan fingerprint density at radius 3 is 1.15 bits per heavy atom. The summed E-state index contributed by atoms with van der Waals surface area (Å²) in [6, 6.07) is 2.23. The molecule has 2 aromatic rings. The van der Waals surface area contributed by atoms with Gasteiger partial charge in [0.15, 0.2) is 0 Å². The molecule has 0 radical (unpaired) electrons. The Morgan fingerprint density at radius 1 is 0.667 bits per heavy atom. The van der Waals surface area contributed by atoms with Crippen LogP contribution in [0.5, 0.6) is 0 Å². The van der Waals surface area contributed by atoms with Crippen molar-refractivity contribution in [2.24, 2.45) is 0 Å². The number of anilines is 6. The summed E-state index contributed by atoms with van der Waals surface area (Å²) in [6.45, 7) is 0. The molecule has 0 bridgehead atoms. The number of benzene rings is 2. The molecule has 2 rings (SSSR count). The number of rotatable bonds is 2. The number of halogens is 2. The standard InChI is InChI=1S/2C7H8ClN3O2.Pt/c2*8-4-2(7(12)13)1-3(9)5(10)6(4)11;/h2*1H,9-11H2,(H,12,13);/q;;+2/p-2. The van der Waals surface area contributed by atoms with Crippen LogP contribution in [-0.4, -0.2) is 11.9 Å². The molecule has 13 heteroatoms. The summed E-state index contributed by atoms with van der Waals surface area (Å²) in [5, 5.41) is 20.7. The normalized spacial score (nSPS) is 9.56. The zero-order valence-electron chi connectivity index (χ0n) is 13.3. The first-order chi connectivity index (χ1) is 11.9. The maximum Gasteiger partial charge on any atom is 2.00 e. The average molecular weight is 596 g/mol. The van der Waals surface area contributed by atoms with E-state index in [0.717, 1.165) is 12.1 Å². The Kier molecular flexibility index (Phi) is 8.51. The van der Waals surface area contributed by atoms with Crippen molar-refractivity contribution in [3.63, 3.8) is 0 Å². The maximum absolute atomic E-state index is 10.5. The Labute approximate surface area is 177 Å². The number of carbonyl (C=O) groups is 2. The third-order valence-corrected chi connectivity index (χ3v) is 4.00. The molecule has 10 nitrogen and oxygen atoms in total. The summed E-state index contributed by atoms with van der Waals surface area (Å²) in [5.41, 5.74) is 32.0. The van der Waals surface area contributed by atoms with Crippen molar-refractivity contribution in [3.8, 4) is 0 Å². The first kappa shape index (κ1) is 24.4. The molecule has 27 heavy (non-hydrogen) atoms. The molecule has 0 amide bonds. The third kappa shape index (κ3) is 5.22. The number of carbonyl (C=O) groups excluding carboxylic acids is 2. The van der Waals surface area contributed by atoms with Crippen molar-refractivity contribution < 1.29 is 40.9 Å². The van der Waals surface area contributed by atoms with Crippen molar-refractivity contribution in [1.82, 2.24) is 0 Å². The average Bonchev–Trinajstić information content (AvgIpc) is 2.57. The van der Waals surface area contributed by atoms with E-state index in [0.29, 0.717) is 0 Å². The molecule has 0 spiro atoms. The number of nitrogens with two attached hydrogens (primary N) is 6. The predicted molar refractivity (Wildman–Crippen MR) is 98.0 cm³/mol. The van der Waals surface area contributed by atoms with Crippen LogP contribution in [0.1, 0.15) is 20.7 Å². The second-order valence-corrected chi connectivity index (χ2v) is 5.64. The van der Waals surface area contributed by atoms with E-state index in [2.05, 4.69) is 0 Å².